The van der Waals surface area contributed by atoms with Crippen molar-refractivity contribution >= 4 is 0 Å². The van der Waals surface area contributed by atoms with Gasteiger partial charge in [0, 0.05) is 12.6 Å². The molecule has 1 saturated carbocycles. The van der Waals surface area contributed by atoms with Crippen molar-refractivity contribution < 1.29 is 9.84 Å². The Balaban J connectivity index is 1.69. The van der Waals surface area contributed by atoms with E-state index in [1.54, 1.807) is 0 Å². The average Bonchev–Trinajstić information content (AvgIpc) is 2.83. The largest absolute Gasteiger partial charge is 0.491 e. The van der Waals surface area contributed by atoms with E-state index in [4.69, 9.17) is 4.74 Å². The number of rotatable bonds is 7. The first kappa shape index (κ1) is 16.3. The highest BCUT2D eigenvalue weighted by Crippen LogP contribution is 2.33. The third kappa shape index (κ3) is 4.72. The van der Waals surface area contributed by atoms with E-state index in [1.165, 1.54) is 24.8 Å². The van der Waals surface area contributed by atoms with E-state index in [9.17, 15) is 5.11 Å². The van der Waals surface area contributed by atoms with E-state index in [2.05, 4.69) is 19.2 Å². The van der Waals surface area contributed by atoms with Gasteiger partial charge in [0.05, 0.1) is 0 Å². The van der Waals surface area contributed by atoms with Crippen LogP contribution < -0.4 is 10.1 Å². The monoisotopic (exact) mass is 291 g/mol. The molecule has 4 atom stereocenters. The molecule has 1 aromatic rings. The summed E-state index contributed by atoms with van der Waals surface area (Å²) in [4.78, 5) is 0. The summed E-state index contributed by atoms with van der Waals surface area (Å²) in [6.07, 6.45) is 3.34. The second kappa shape index (κ2) is 7.81. The lowest BCUT2D eigenvalue weighted by Gasteiger charge is -2.22. The number of hydrogen-bond donors (Lipinski definition) is 2. The van der Waals surface area contributed by atoms with Gasteiger partial charge in [-0.2, -0.15) is 0 Å². The molecule has 1 aliphatic rings. The molecule has 0 bridgehead atoms. The van der Waals surface area contributed by atoms with E-state index in [0.29, 0.717) is 25.1 Å². The van der Waals surface area contributed by atoms with Crippen LogP contribution in [0, 0.1) is 18.8 Å². The topological polar surface area (TPSA) is 41.5 Å². The van der Waals surface area contributed by atoms with E-state index in [1.807, 2.05) is 31.2 Å². The summed E-state index contributed by atoms with van der Waals surface area (Å²) in [5, 5.41) is 13.6. The zero-order valence-corrected chi connectivity index (χ0v) is 13.5. The Morgan fingerprint density at radius 1 is 1.38 bits per heavy atom. The van der Waals surface area contributed by atoms with Crippen LogP contribution in [0.3, 0.4) is 0 Å². The molecule has 0 spiro atoms. The molecule has 1 fully saturated rings. The molecular formula is C18H29NO2. The van der Waals surface area contributed by atoms with Gasteiger partial charge in [0.1, 0.15) is 18.5 Å². The molecular weight excluding hydrogens is 262 g/mol. The maximum absolute atomic E-state index is 10.1. The fourth-order valence-corrected chi connectivity index (χ4v) is 3.36. The van der Waals surface area contributed by atoms with Crippen molar-refractivity contribution in [1.29, 1.82) is 0 Å². The predicted octanol–water partition coefficient (Wildman–Crippen LogP) is 3.15. The van der Waals surface area contributed by atoms with Crippen molar-refractivity contribution in [3.8, 4) is 5.75 Å². The Hall–Kier alpha value is -1.06. The van der Waals surface area contributed by atoms with Crippen LogP contribution in [0.4, 0.5) is 0 Å². The molecule has 21 heavy (non-hydrogen) atoms. The van der Waals surface area contributed by atoms with Crippen LogP contribution in [0.1, 0.15) is 38.7 Å². The van der Waals surface area contributed by atoms with E-state index in [-0.39, 0.29) is 0 Å². The minimum Gasteiger partial charge on any atom is -0.491 e. The van der Waals surface area contributed by atoms with Crippen LogP contribution in [0.25, 0.3) is 0 Å². The summed E-state index contributed by atoms with van der Waals surface area (Å²) in [6, 6.07) is 8.48. The molecule has 1 aromatic carbocycles. The second-order valence-electron chi connectivity index (χ2n) is 6.40. The number of ether oxygens (including phenoxy) is 1. The molecule has 118 valence electrons. The van der Waals surface area contributed by atoms with Gasteiger partial charge in [-0.1, -0.05) is 32.4 Å². The summed E-state index contributed by atoms with van der Waals surface area (Å²) in [6.45, 7) is 7.59. The van der Waals surface area contributed by atoms with Gasteiger partial charge in [0.15, 0.2) is 0 Å². The van der Waals surface area contributed by atoms with Crippen molar-refractivity contribution in [2.75, 3.05) is 13.2 Å². The molecule has 0 aliphatic heterocycles. The molecule has 2 rings (SSSR count). The molecule has 0 radical (unpaired) electrons. The van der Waals surface area contributed by atoms with Gasteiger partial charge in [-0.3, -0.25) is 0 Å². The summed E-state index contributed by atoms with van der Waals surface area (Å²) < 4.78 is 5.64. The van der Waals surface area contributed by atoms with Crippen molar-refractivity contribution in [3.63, 3.8) is 0 Å². The smallest absolute Gasteiger partial charge is 0.119 e. The molecule has 4 unspecified atom stereocenters. The zero-order valence-electron chi connectivity index (χ0n) is 13.5. The predicted molar refractivity (Wildman–Crippen MR) is 86.7 cm³/mol. The van der Waals surface area contributed by atoms with Gasteiger partial charge in [0.25, 0.3) is 0 Å². The molecule has 2 N–H and O–H groups in total. The van der Waals surface area contributed by atoms with Crippen molar-refractivity contribution in [1.82, 2.24) is 5.32 Å². The maximum Gasteiger partial charge on any atom is 0.119 e. The highest BCUT2D eigenvalue weighted by molar-refractivity contribution is 5.27. The van der Waals surface area contributed by atoms with Crippen LogP contribution in [-0.2, 0) is 0 Å². The van der Waals surface area contributed by atoms with Gasteiger partial charge in [-0.05, 0) is 49.3 Å². The van der Waals surface area contributed by atoms with Gasteiger partial charge in [-0.25, -0.2) is 0 Å². The molecule has 3 nitrogen and oxygen atoms in total. The summed E-state index contributed by atoms with van der Waals surface area (Å²) in [7, 11) is 0. The summed E-state index contributed by atoms with van der Waals surface area (Å²) >= 11 is 0. The number of aryl methyl sites for hydroxylation is 1. The van der Waals surface area contributed by atoms with Crippen LogP contribution in [0.15, 0.2) is 24.3 Å². The van der Waals surface area contributed by atoms with E-state index >= 15 is 0 Å². The molecule has 3 heteroatoms. The number of aliphatic hydroxyl groups is 1. The Kier molecular flexibility index (Phi) is 6.07. The molecule has 0 amide bonds. The first-order valence-electron chi connectivity index (χ1n) is 8.21. The van der Waals surface area contributed by atoms with Crippen molar-refractivity contribution in [2.24, 2.45) is 11.8 Å². The van der Waals surface area contributed by atoms with Crippen molar-refractivity contribution in [3.05, 3.63) is 29.8 Å². The lowest BCUT2D eigenvalue weighted by Crippen LogP contribution is -2.39. The van der Waals surface area contributed by atoms with E-state index < -0.39 is 6.10 Å². The molecule has 0 aromatic heterocycles. The number of nitrogens with one attached hydrogen (secondary N) is 1. The minimum absolute atomic E-state index is 0.342. The third-order valence-corrected chi connectivity index (χ3v) is 4.80. The quantitative estimate of drug-likeness (QED) is 0.811. The standard InChI is InChI=1S/C18H29NO2/c1-4-15-8-9-18(14(15)3)19-11-16(20)12-21-17-7-5-6-13(2)10-17/h5-7,10,14-16,18-20H,4,8-9,11-12H2,1-3H3. The lowest BCUT2D eigenvalue weighted by molar-refractivity contribution is 0.101. The fourth-order valence-electron chi connectivity index (χ4n) is 3.36. The Labute approximate surface area is 128 Å². The van der Waals surface area contributed by atoms with Gasteiger partial charge < -0.3 is 15.2 Å². The average molecular weight is 291 g/mol. The minimum atomic E-state index is -0.460. The highest BCUT2D eigenvalue weighted by Gasteiger charge is 2.31. The lowest BCUT2D eigenvalue weighted by atomic mass is 9.93. The van der Waals surface area contributed by atoms with Crippen LogP contribution in [0.2, 0.25) is 0 Å². The SMILES string of the molecule is CCC1CCC(NCC(O)COc2cccc(C)c2)C1C. The van der Waals surface area contributed by atoms with E-state index in [0.717, 1.165) is 11.7 Å². The molecule has 0 saturated heterocycles. The second-order valence-corrected chi connectivity index (χ2v) is 6.40. The summed E-state index contributed by atoms with van der Waals surface area (Å²) in [5.74, 6) is 2.37. The van der Waals surface area contributed by atoms with Crippen LogP contribution >= 0.6 is 0 Å². The Morgan fingerprint density at radius 3 is 2.86 bits per heavy atom. The Morgan fingerprint density at radius 2 is 2.19 bits per heavy atom. The number of aliphatic hydroxyl groups excluding tert-OH is 1. The summed E-state index contributed by atoms with van der Waals surface area (Å²) in [5.41, 5.74) is 1.17. The first-order valence-corrected chi connectivity index (χ1v) is 8.21. The number of benzene rings is 1. The Bertz CT molecular complexity index is 435. The van der Waals surface area contributed by atoms with Crippen molar-refractivity contribution in [2.45, 2.75) is 52.2 Å². The van der Waals surface area contributed by atoms with Crippen LogP contribution in [0.5, 0.6) is 5.75 Å². The normalized spacial score (nSPS) is 26.8. The van der Waals surface area contributed by atoms with Gasteiger partial charge in [-0.15, -0.1) is 0 Å². The van der Waals surface area contributed by atoms with Crippen LogP contribution in [-0.4, -0.2) is 30.4 Å². The third-order valence-electron chi connectivity index (χ3n) is 4.80. The highest BCUT2D eigenvalue weighted by atomic mass is 16.5. The fraction of sp³-hybridized carbons (Fsp3) is 0.667. The maximum atomic E-state index is 10.1. The van der Waals surface area contributed by atoms with Gasteiger partial charge in [0.2, 0.25) is 0 Å². The molecule has 1 aliphatic carbocycles. The zero-order chi connectivity index (χ0) is 15.2. The molecule has 0 heterocycles. The first-order chi connectivity index (χ1) is 10.1. The van der Waals surface area contributed by atoms with Gasteiger partial charge >= 0.3 is 0 Å². The number of hydrogen-bond acceptors (Lipinski definition) is 3.